The summed E-state index contributed by atoms with van der Waals surface area (Å²) < 4.78 is 27.3. The van der Waals surface area contributed by atoms with Gasteiger partial charge in [0.1, 0.15) is 6.04 Å². The van der Waals surface area contributed by atoms with Crippen molar-refractivity contribution in [1.82, 2.24) is 4.31 Å². The van der Waals surface area contributed by atoms with Gasteiger partial charge in [-0.15, -0.1) is 0 Å². The third kappa shape index (κ3) is 6.34. The highest BCUT2D eigenvalue weighted by atomic mass is 32.2. The van der Waals surface area contributed by atoms with Crippen LogP contribution in [0.1, 0.15) is 25.8 Å². The Balaban J connectivity index is 2.36. The number of non-ortho nitro benzene ring substituents is 1. The Hall–Kier alpha value is -3.31. The topological polar surface area (TPSA) is 147 Å². The van der Waals surface area contributed by atoms with Crippen molar-refractivity contribution in [2.45, 2.75) is 38.1 Å². The Morgan fingerprint density at radius 2 is 1.66 bits per heavy atom. The highest BCUT2D eigenvalue weighted by Crippen LogP contribution is 2.23. The lowest BCUT2D eigenvalue weighted by molar-refractivity contribution is -0.384. The number of nitro benzene ring substituents is 1. The molecular weight excluding hydrogens is 438 g/mol. The van der Waals surface area contributed by atoms with Gasteiger partial charge in [0.15, 0.2) is 0 Å². The van der Waals surface area contributed by atoms with Crippen molar-refractivity contribution in [2.24, 2.45) is 5.92 Å². The Kier molecular flexibility index (Phi) is 8.06. The molecule has 172 valence electrons. The lowest BCUT2D eigenvalue weighted by Crippen LogP contribution is -2.49. The molecule has 11 heteroatoms. The lowest BCUT2D eigenvalue weighted by atomic mass is 10.0. The van der Waals surface area contributed by atoms with Crippen molar-refractivity contribution >= 4 is 33.3 Å². The first-order chi connectivity index (χ1) is 14.9. The van der Waals surface area contributed by atoms with Crippen LogP contribution in [0.5, 0.6) is 0 Å². The number of aryl methyl sites for hydroxylation is 1. The third-order valence-corrected chi connectivity index (χ3v) is 6.49. The predicted molar refractivity (Wildman–Crippen MR) is 118 cm³/mol. The molecule has 0 spiro atoms. The van der Waals surface area contributed by atoms with Crippen molar-refractivity contribution in [3.8, 4) is 0 Å². The van der Waals surface area contributed by atoms with E-state index in [1.807, 2.05) is 0 Å². The van der Waals surface area contributed by atoms with Crippen LogP contribution in [-0.4, -0.2) is 47.2 Å². The number of hydrogen-bond acceptors (Lipinski definition) is 6. The summed E-state index contributed by atoms with van der Waals surface area (Å²) in [7, 11) is -4.31. The normalized spacial score (nSPS) is 12.5. The molecule has 1 unspecified atom stereocenters. The number of sulfonamides is 1. The molecule has 0 aliphatic heterocycles. The summed E-state index contributed by atoms with van der Waals surface area (Å²) in [5.41, 5.74) is 0.863. The molecule has 0 heterocycles. The Bertz CT molecular complexity index is 1080. The van der Waals surface area contributed by atoms with E-state index in [0.29, 0.717) is 4.31 Å². The summed E-state index contributed by atoms with van der Waals surface area (Å²) in [6.07, 6.45) is 0.00519. The van der Waals surface area contributed by atoms with Crippen LogP contribution in [0.3, 0.4) is 0 Å². The van der Waals surface area contributed by atoms with Crippen LogP contribution < -0.4 is 5.32 Å². The number of carboxylic acid groups (broad SMARTS) is 1. The zero-order valence-corrected chi connectivity index (χ0v) is 18.7. The summed E-state index contributed by atoms with van der Waals surface area (Å²) in [6, 6.07) is 9.42. The zero-order chi connectivity index (χ0) is 24.1. The van der Waals surface area contributed by atoms with Crippen LogP contribution in [0.25, 0.3) is 0 Å². The fourth-order valence-corrected chi connectivity index (χ4v) is 4.55. The van der Waals surface area contributed by atoms with Crippen molar-refractivity contribution in [3.05, 3.63) is 64.2 Å². The molecule has 0 bridgehead atoms. The molecular formula is C21H25N3O7S. The maximum atomic E-state index is 13.3. The van der Waals surface area contributed by atoms with Gasteiger partial charge < -0.3 is 10.4 Å². The molecule has 10 nitrogen and oxygen atoms in total. The monoisotopic (exact) mass is 463 g/mol. The molecule has 32 heavy (non-hydrogen) atoms. The van der Waals surface area contributed by atoms with Crippen LogP contribution >= 0.6 is 0 Å². The maximum Gasteiger partial charge on any atom is 0.322 e. The van der Waals surface area contributed by atoms with Gasteiger partial charge in [0, 0.05) is 17.8 Å². The number of benzene rings is 2. The number of hydrogen-bond donors (Lipinski definition) is 2. The molecule has 0 aliphatic rings. The maximum absolute atomic E-state index is 13.3. The van der Waals surface area contributed by atoms with E-state index in [4.69, 9.17) is 0 Å². The van der Waals surface area contributed by atoms with Gasteiger partial charge in [-0.25, -0.2) is 8.42 Å². The number of nitro groups is 1. The number of amides is 1. The van der Waals surface area contributed by atoms with Gasteiger partial charge in [-0.3, -0.25) is 19.7 Å². The Labute approximate surface area is 186 Å². The van der Waals surface area contributed by atoms with Crippen LogP contribution in [0.2, 0.25) is 0 Å². The molecule has 1 amide bonds. The van der Waals surface area contributed by atoms with Crippen molar-refractivity contribution in [1.29, 1.82) is 0 Å². The van der Waals surface area contributed by atoms with E-state index >= 15 is 0 Å². The zero-order valence-electron chi connectivity index (χ0n) is 17.9. The average molecular weight is 464 g/mol. The fraction of sp³-hybridized carbons (Fsp3) is 0.333. The number of rotatable bonds is 10. The van der Waals surface area contributed by atoms with E-state index in [1.54, 1.807) is 32.9 Å². The van der Waals surface area contributed by atoms with Crippen LogP contribution in [0, 0.1) is 23.0 Å². The standard InChI is InChI=1S/C21H25N3O7S/c1-14(2)12-19(21(26)27)23(32(30,31)18-10-4-15(3)5-11-18)13-20(25)22-16-6-8-17(9-7-16)24(28)29/h4-11,14,19H,12-13H2,1-3H3,(H,22,25)(H,26,27). The van der Waals surface area contributed by atoms with Gasteiger partial charge in [0.05, 0.1) is 16.4 Å². The second-order valence-corrected chi connectivity index (χ2v) is 9.59. The van der Waals surface area contributed by atoms with Crippen LogP contribution in [0.15, 0.2) is 53.4 Å². The number of aliphatic carboxylic acids is 1. The molecule has 0 saturated carbocycles. The highest BCUT2D eigenvalue weighted by Gasteiger charge is 2.37. The second kappa shape index (κ2) is 10.3. The number of nitrogens with one attached hydrogen (secondary N) is 1. The second-order valence-electron chi connectivity index (χ2n) is 7.70. The van der Waals surface area contributed by atoms with Gasteiger partial charge in [0.25, 0.3) is 5.69 Å². The Morgan fingerprint density at radius 1 is 1.09 bits per heavy atom. The summed E-state index contributed by atoms with van der Waals surface area (Å²) >= 11 is 0. The van der Waals surface area contributed by atoms with E-state index in [9.17, 15) is 33.2 Å². The third-order valence-electron chi connectivity index (χ3n) is 4.62. The first-order valence-corrected chi connectivity index (χ1v) is 11.2. The molecule has 0 aromatic heterocycles. The van der Waals surface area contributed by atoms with Crippen molar-refractivity contribution in [2.75, 3.05) is 11.9 Å². The Morgan fingerprint density at radius 3 is 2.12 bits per heavy atom. The predicted octanol–water partition coefficient (Wildman–Crippen LogP) is 3.03. The van der Waals surface area contributed by atoms with Crippen molar-refractivity contribution in [3.63, 3.8) is 0 Å². The van der Waals surface area contributed by atoms with Gasteiger partial charge in [-0.1, -0.05) is 31.5 Å². The van der Waals surface area contributed by atoms with Gasteiger partial charge in [-0.2, -0.15) is 4.31 Å². The van der Waals surface area contributed by atoms with E-state index in [0.717, 1.165) is 5.56 Å². The average Bonchev–Trinajstić information content (AvgIpc) is 2.70. The lowest BCUT2D eigenvalue weighted by Gasteiger charge is -2.28. The molecule has 0 fully saturated rings. The molecule has 0 radical (unpaired) electrons. The molecule has 2 rings (SSSR count). The molecule has 2 N–H and O–H groups in total. The summed E-state index contributed by atoms with van der Waals surface area (Å²) in [4.78, 5) is 34.6. The minimum Gasteiger partial charge on any atom is -0.480 e. The van der Waals surface area contributed by atoms with Gasteiger partial charge in [0.2, 0.25) is 15.9 Å². The number of nitrogens with zero attached hydrogens (tertiary/aromatic N) is 2. The number of carbonyl (C=O) groups is 2. The highest BCUT2D eigenvalue weighted by molar-refractivity contribution is 7.89. The van der Waals surface area contributed by atoms with E-state index in [2.05, 4.69) is 5.32 Å². The number of carboxylic acids is 1. The molecule has 0 saturated heterocycles. The van der Waals surface area contributed by atoms with Gasteiger partial charge >= 0.3 is 5.97 Å². The minimum absolute atomic E-state index is 0.00519. The van der Waals surface area contributed by atoms with Crippen molar-refractivity contribution < 1.29 is 28.0 Å². The van der Waals surface area contributed by atoms with E-state index in [-0.39, 0.29) is 28.6 Å². The van der Waals surface area contributed by atoms with Gasteiger partial charge in [-0.05, 0) is 43.5 Å². The largest absolute Gasteiger partial charge is 0.480 e. The molecule has 1 atom stereocenters. The fourth-order valence-electron chi connectivity index (χ4n) is 3.00. The quantitative estimate of drug-likeness (QED) is 0.406. The van der Waals surface area contributed by atoms with Crippen LogP contribution in [-0.2, 0) is 19.6 Å². The molecule has 2 aromatic carbocycles. The smallest absolute Gasteiger partial charge is 0.322 e. The first kappa shape index (κ1) is 25.0. The first-order valence-electron chi connectivity index (χ1n) is 9.77. The van der Waals surface area contributed by atoms with Crippen LogP contribution in [0.4, 0.5) is 11.4 Å². The summed E-state index contributed by atoms with van der Waals surface area (Å²) in [6.45, 7) is 4.55. The SMILES string of the molecule is Cc1ccc(S(=O)(=O)N(CC(=O)Nc2ccc([N+](=O)[O-])cc2)C(CC(C)C)C(=O)O)cc1. The minimum atomic E-state index is -4.31. The number of anilines is 1. The summed E-state index contributed by atoms with van der Waals surface area (Å²) in [5, 5.41) is 23.0. The molecule has 2 aromatic rings. The van der Waals surface area contributed by atoms with E-state index in [1.165, 1.54) is 36.4 Å². The molecule has 0 aliphatic carbocycles. The number of carbonyl (C=O) groups excluding carboxylic acids is 1. The van der Waals surface area contributed by atoms with E-state index < -0.39 is 39.4 Å². The summed E-state index contributed by atoms with van der Waals surface area (Å²) in [5.74, 6) is -2.29.